The summed E-state index contributed by atoms with van der Waals surface area (Å²) in [6.07, 6.45) is 2.15. The molecule has 0 atom stereocenters. The first-order valence-electron chi connectivity index (χ1n) is 8.44. The third kappa shape index (κ3) is 4.80. The number of hydrogen-bond donors (Lipinski definition) is 1. The third-order valence-electron chi connectivity index (χ3n) is 4.02. The molecule has 0 saturated carbocycles. The van der Waals surface area contributed by atoms with Gasteiger partial charge in [-0.2, -0.15) is 0 Å². The summed E-state index contributed by atoms with van der Waals surface area (Å²) in [6, 6.07) is 11.0. The maximum absolute atomic E-state index is 12.1. The van der Waals surface area contributed by atoms with E-state index in [1.807, 2.05) is 24.3 Å². The van der Waals surface area contributed by atoms with Crippen LogP contribution in [0.25, 0.3) is 0 Å². The van der Waals surface area contributed by atoms with Crippen molar-refractivity contribution in [2.75, 3.05) is 11.9 Å². The van der Waals surface area contributed by atoms with E-state index in [4.69, 9.17) is 9.15 Å². The van der Waals surface area contributed by atoms with Crippen molar-refractivity contribution in [3.8, 4) is 0 Å². The summed E-state index contributed by atoms with van der Waals surface area (Å²) in [5.74, 6) is 0.0867. The molecule has 2 aromatic rings. The first kappa shape index (κ1) is 17.9. The third-order valence-corrected chi connectivity index (χ3v) is 4.02. The molecule has 1 saturated heterocycles. The first-order valence-corrected chi connectivity index (χ1v) is 8.44. The Bertz CT molecular complexity index is 769. The molecule has 0 aliphatic carbocycles. The Morgan fingerprint density at radius 1 is 1.12 bits per heavy atom. The number of nitrogens with one attached hydrogen (secondary N) is 1. The Balaban J connectivity index is 1.46. The van der Waals surface area contributed by atoms with E-state index in [1.165, 1.54) is 0 Å². The smallest absolute Gasteiger partial charge is 0.229 e. The molecule has 7 nitrogen and oxygen atoms in total. The maximum Gasteiger partial charge on any atom is 0.229 e. The summed E-state index contributed by atoms with van der Waals surface area (Å²) in [4.78, 5) is 36.3. The van der Waals surface area contributed by atoms with Crippen molar-refractivity contribution in [3.05, 3.63) is 54.0 Å². The average Bonchev–Trinajstić information content (AvgIpc) is 3.24. The number of carbonyl (C=O) groups is 3. The van der Waals surface area contributed by atoms with Gasteiger partial charge in [-0.25, -0.2) is 0 Å². The number of ether oxygens (including phenoxy) is 1. The van der Waals surface area contributed by atoms with Gasteiger partial charge in [-0.15, -0.1) is 0 Å². The van der Waals surface area contributed by atoms with Crippen molar-refractivity contribution < 1.29 is 23.5 Å². The first-order chi connectivity index (χ1) is 12.6. The fraction of sp³-hybridized carbons (Fsp3) is 0.316. The number of carbonyl (C=O) groups excluding carboxylic acids is 3. The minimum Gasteiger partial charge on any atom is -0.467 e. The lowest BCUT2D eigenvalue weighted by Gasteiger charge is -2.13. The van der Waals surface area contributed by atoms with Crippen LogP contribution < -0.4 is 5.32 Å². The second-order valence-electron chi connectivity index (χ2n) is 6.01. The number of furan rings is 1. The highest BCUT2D eigenvalue weighted by atomic mass is 16.5. The monoisotopic (exact) mass is 356 g/mol. The van der Waals surface area contributed by atoms with Crippen LogP contribution in [-0.2, 0) is 32.3 Å². The highest BCUT2D eigenvalue weighted by molar-refractivity contribution is 6.02. The zero-order chi connectivity index (χ0) is 18.4. The number of hydrogen-bond acceptors (Lipinski definition) is 5. The molecule has 1 N–H and O–H groups in total. The summed E-state index contributed by atoms with van der Waals surface area (Å²) in [5.41, 5.74) is 1.56. The van der Waals surface area contributed by atoms with Gasteiger partial charge in [0.1, 0.15) is 12.4 Å². The van der Waals surface area contributed by atoms with Crippen LogP contribution in [0.15, 0.2) is 47.1 Å². The minimum absolute atomic E-state index is 0.0801. The van der Waals surface area contributed by atoms with Crippen molar-refractivity contribution >= 4 is 23.4 Å². The molecule has 3 amide bonds. The van der Waals surface area contributed by atoms with Gasteiger partial charge in [0.2, 0.25) is 17.7 Å². The topological polar surface area (TPSA) is 88.9 Å². The number of nitrogens with zero attached hydrogens (tertiary/aromatic N) is 1. The van der Waals surface area contributed by atoms with Gasteiger partial charge in [-0.3, -0.25) is 19.3 Å². The summed E-state index contributed by atoms with van der Waals surface area (Å²) in [6.45, 7) is 0.887. The zero-order valence-corrected chi connectivity index (χ0v) is 14.3. The molecule has 1 aliphatic rings. The number of likely N-dealkylation sites (tertiary alicyclic amines) is 1. The molecule has 1 aromatic heterocycles. The van der Waals surface area contributed by atoms with Crippen molar-refractivity contribution in [2.45, 2.75) is 32.5 Å². The zero-order valence-electron chi connectivity index (χ0n) is 14.3. The van der Waals surface area contributed by atoms with Crippen molar-refractivity contribution in [1.29, 1.82) is 0 Å². The van der Waals surface area contributed by atoms with E-state index in [0.717, 1.165) is 16.2 Å². The van der Waals surface area contributed by atoms with E-state index in [2.05, 4.69) is 5.32 Å². The summed E-state index contributed by atoms with van der Waals surface area (Å²) in [5, 5.41) is 2.78. The molecule has 0 spiro atoms. The number of amides is 3. The van der Waals surface area contributed by atoms with Crippen LogP contribution in [0.4, 0.5) is 5.69 Å². The van der Waals surface area contributed by atoms with Gasteiger partial charge in [0.05, 0.1) is 12.9 Å². The number of imide groups is 1. The second kappa shape index (κ2) is 8.44. The Morgan fingerprint density at radius 2 is 1.92 bits per heavy atom. The fourth-order valence-corrected chi connectivity index (χ4v) is 2.71. The summed E-state index contributed by atoms with van der Waals surface area (Å²) in [7, 11) is 0. The molecule has 0 unspecified atom stereocenters. The van der Waals surface area contributed by atoms with Gasteiger partial charge in [0.15, 0.2) is 0 Å². The largest absolute Gasteiger partial charge is 0.467 e. The summed E-state index contributed by atoms with van der Waals surface area (Å²) < 4.78 is 10.8. The van der Waals surface area contributed by atoms with Crippen LogP contribution >= 0.6 is 0 Å². The van der Waals surface area contributed by atoms with Gasteiger partial charge in [-0.05, 0) is 29.8 Å². The molecule has 1 fully saturated rings. The SMILES string of the molecule is O=C(CCN1C(=O)CCC1=O)Nc1cccc(COCc2ccco2)c1. The highest BCUT2D eigenvalue weighted by Gasteiger charge is 2.28. The molecule has 1 aromatic carbocycles. The van der Waals surface area contributed by atoms with Crippen LogP contribution in [0.5, 0.6) is 0 Å². The Labute approximate surface area is 150 Å². The minimum atomic E-state index is -0.244. The fourth-order valence-electron chi connectivity index (χ4n) is 2.71. The van der Waals surface area contributed by atoms with Crippen molar-refractivity contribution in [3.63, 3.8) is 0 Å². The molecular weight excluding hydrogens is 336 g/mol. The molecule has 2 heterocycles. The maximum atomic E-state index is 12.1. The average molecular weight is 356 g/mol. The summed E-state index contributed by atoms with van der Waals surface area (Å²) >= 11 is 0. The standard InChI is InChI=1S/C19H20N2O5/c22-17(8-9-21-18(23)6-7-19(21)24)20-15-4-1-3-14(11-15)12-25-13-16-5-2-10-26-16/h1-5,10-11H,6-9,12-13H2,(H,20,22). The second-order valence-corrected chi connectivity index (χ2v) is 6.01. The van der Waals surface area contributed by atoms with Crippen LogP contribution in [0.1, 0.15) is 30.6 Å². The van der Waals surface area contributed by atoms with Gasteiger partial charge in [0.25, 0.3) is 0 Å². The predicted molar refractivity (Wildman–Crippen MR) is 92.8 cm³/mol. The van der Waals surface area contributed by atoms with E-state index in [-0.39, 0.29) is 43.5 Å². The normalized spacial score (nSPS) is 14.1. The van der Waals surface area contributed by atoms with Crippen LogP contribution in [0.3, 0.4) is 0 Å². The Kier molecular flexibility index (Phi) is 5.80. The van der Waals surface area contributed by atoms with Gasteiger partial charge in [0, 0.05) is 31.5 Å². The van der Waals surface area contributed by atoms with Crippen LogP contribution in [-0.4, -0.2) is 29.2 Å². The lowest BCUT2D eigenvalue weighted by atomic mass is 10.2. The van der Waals surface area contributed by atoms with E-state index >= 15 is 0 Å². The number of anilines is 1. The molecular formula is C19H20N2O5. The lowest BCUT2D eigenvalue weighted by Crippen LogP contribution is -2.32. The van der Waals surface area contributed by atoms with Gasteiger partial charge in [-0.1, -0.05) is 12.1 Å². The Hall–Kier alpha value is -2.93. The van der Waals surface area contributed by atoms with Gasteiger partial charge >= 0.3 is 0 Å². The highest BCUT2D eigenvalue weighted by Crippen LogP contribution is 2.15. The lowest BCUT2D eigenvalue weighted by molar-refractivity contribution is -0.138. The Morgan fingerprint density at radius 3 is 2.65 bits per heavy atom. The van der Waals surface area contributed by atoms with E-state index in [0.29, 0.717) is 18.9 Å². The molecule has 26 heavy (non-hydrogen) atoms. The number of benzene rings is 1. The number of rotatable bonds is 8. The van der Waals surface area contributed by atoms with Gasteiger partial charge < -0.3 is 14.5 Å². The molecule has 1 aliphatic heterocycles. The van der Waals surface area contributed by atoms with E-state index in [9.17, 15) is 14.4 Å². The molecule has 0 bridgehead atoms. The molecule has 7 heteroatoms. The van der Waals surface area contributed by atoms with E-state index < -0.39 is 0 Å². The van der Waals surface area contributed by atoms with Crippen molar-refractivity contribution in [1.82, 2.24) is 4.90 Å². The molecule has 136 valence electrons. The van der Waals surface area contributed by atoms with Crippen LogP contribution in [0, 0.1) is 0 Å². The van der Waals surface area contributed by atoms with Crippen LogP contribution in [0.2, 0.25) is 0 Å². The molecule has 0 radical (unpaired) electrons. The predicted octanol–water partition coefficient (Wildman–Crippen LogP) is 2.47. The quantitative estimate of drug-likeness (QED) is 0.734. The van der Waals surface area contributed by atoms with E-state index in [1.54, 1.807) is 18.4 Å². The van der Waals surface area contributed by atoms with Crippen molar-refractivity contribution in [2.24, 2.45) is 0 Å². The molecule has 3 rings (SSSR count).